The van der Waals surface area contributed by atoms with Gasteiger partial charge in [0.25, 0.3) is 0 Å². The lowest BCUT2D eigenvalue weighted by Gasteiger charge is -2.12. The van der Waals surface area contributed by atoms with E-state index in [1.165, 1.54) is 9.75 Å². The summed E-state index contributed by atoms with van der Waals surface area (Å²) in [5.74, 6) is 0.878. The maximum Gasteiger partial charge on any atom is 0.191 e. The summed E-state index contributed by atoms with van der Waals surface area (Å²) in [6.07, 6.45) is 1.29. The Morgan fingerprint density at radius 1 is 1.35 bits per heavy atom. The van der Waals surface area contributed by atoms with Crippen LogP contribution in [0.5, 0.6) is 0 Å². The van der Waals surface area contributed by atoms with E-state index in [2.05, 4.69) is 55.5 Å². The third kappa shape index (κ3) is 7.50. The van der Waals surface area contributed by atoms with Gasteiger partial charge in [-0.2, -0.15) is 0 Å². The van der Waals surface area contributed by atoms with Gasteiger partial charge in [-0.15, -0.1) is 11.3 Å². The monoisotopic (exact) mass is 297 g/mol. The second-order valence-electron chi connectivity index (χ2n) is 4.91. The van der Waals surface area contributed by atoms with Crippen molar-refractivity contribution in [3.05, 3.63) is 21.9 Å². The molecule has 0 radical (unpaired) electrons. The summed E-state index contributed by atoms with van der Waals surface area (Å²) in [5.41, 5.74) is 0. The molecule has 1 aromatic rings. The molecule has 20 heavy (non-hydrogen) atoms. The number of hydrogen-bond donors (Lipinski definition) is 2. The van der Waals surface area contributed by atoms with Gasteiger partial charge >= 0.3 is 0 Å². The molecule has 0 aliphatic carbocycles. The molecule has 0 saturated heterocycles. The van der Waals surface area contributed by atoms with Gasteiger partial charge in [0.2, 0.25) is 0 Å². The molecule has 0 aromatic carbocycles. The van der Waals surface area contributed by atoms with Crippen LogP contribution in [-0.2, 0) is 11.3 Å². The summed E-state index contributed by atoms with van der Waals surface area (Å²) in [6, 6.07) is 4.28. The number of thiophene rings is 1. The Hall–Kier alpha value is -1.07. The van der Waals surface area contributed by atoms with Crippen LogP contribution in [0.2, 0.25) is 0 Å². The number of hydrogen-bond acceptors (Lipinski definition) is 3. The van der Waals surface area contributed by atoms with Gasteiger partial charge < -0.3 is 15.4 Å². The zero-order chi connectivity index (χ0) is 14.8. The molecule has 0 amide bonds. The highest BCUT2D eigenvalue weighted by Gasteiger charge is 1.99. The van der Waals surface area contributed by atoms with Crippen LogP contribution in [-0.4, -0.2) is 31.8 Å². The molecule has 2 N–H and O–H groups in total. The highest BCUT2D eigenvalue weighted by molar-refractivity contribution is 7.11. The summed E-state index contributed by atoms with van der Waals surface area (Å²) >= 11 is 1.80. The van der Waals surface area contributed by atoms with Crippen molar-refractivity contribution in [2.45, 2.75) is 46.8 Å². The normalized spacial score (nSPS) is 11.9. The zero-order valence-electron chi connectivity index (χ0n) is 13.0. The second kappa shape index (κ2) is 9.77. The van der Waals surface area contributed by atoms with Crippen LogP contribution < -0.4 is 10.6 Å². The van der Waals surface area contributed by atoms with Gasteiger partial charge in [-0.05, 0) is 46.2 Å². The van der Waals surface area contributed by atoms with Crippen LogP contribution in [0.15, 0.2) is 17.1 Å². The number of rotatable bonds is 8. The molecule has 0 aliphatic rings. The maximum atomic E-state index is 5.52. The van der Waals surface area contributed by atoms with Crippen molar-refractivity contribution >= 4 is 17.3 Å². The van der Waals surface area contributed by atoms with Gasteiger partial charge in [-0.25, -0.2) is 4.99 Å². The van der Waals surface area contributed by atoms with Gasteiger partial charge in [0.05, 0.1) is 12.6 Å². The van der Waals surface area contributed by atoms with E-state index in [1.807, 2.05) is 0 Å². The molecular formula is C15H27N3OS. The Morgan fingerprint density at radius 3 is 2.75 bits per heavy atom. The Balaban J connectivity index is 2.31. The number of ether oxygens (including phenoxy) is 1. The van der Waals surface area contributed by atoms with Crippen molar-refractivity contribution in [3.63, 3.8) is 0 Å². The summed E-state index contributed by atoms with van der Waals surface area (Å²) in [4.78, 5) is 7.22. The van der Waals surface area contributed by atoms with Crippen LogP contribution in [0.25, 0.3) is 0 Å². The van der Waals surface area contributed by atoms with Gasteiger partial charge in [0.15, 0.2) is 5.96 Å². The van der Waals surface area contributed by atoms with Gasteiger partial charge in [0.1, 0.15) is 0 Å². The molecule has 4 nitrogen and oxygen atoms in total. The summed E-state index contributed by atoms with van der Waals surface area (Å²) in [5, 5.41) is 6.60. The molecule has 1 rings (SSSR count). The van der Waals surface area contributed by atoms with E-state index >= 15 is 0 Å². The van der Waals surface area contributed by atoms with Gasteiger partial charge in [-0.1, -0.05) is 0 Å². The number of nitrogens with one attached hydrogen (secondary N) is 2. The SMILES string of the molecule is CCNC(=NCc1ccc(C)s1)NCCCOC(C)C. The third-order valence-corrected chi connectivity index (χ3v) is 3.58. The molecule has 0 bridgehead atoms. The van der Waals surface area contributed by atoms with Crippen molar-refractivity contribution in [2.24, 2.45) is 4.99 Å². The predicted octanol–water partition coefficient (Wildman–Crippen LogP) is 2.93. The fourth-order valence-corrected chi connectivity index (χ4v) is 2.48. The van der Waals surface area contributed by atoms with E-state index in [0.717, 1.165) is 38.6 Å². The number of guanidine groups is 1. The lowest BCUT2D eigenvalue weighted by atomic mass is 10.4. The summed E-state index contributed by atoms with van der Waals surface area (Å²) in [6.45, 7) is 11.6. The molecule has 0 atom stereocenters. The average Bonchev–Trinajstić information content (AvgIpc) is 2.81. The topological polar surface area (TPSA) is 45.7 Å². The van der Waals surface area contributed by atoms with Gasteiger partial charge in [-0.3, -0.25) is 0 Å². The summed E-state index contributed by atoms with van der Waals surface area (Å²) < 4.78 is 5.52. The fraction of sp³-hybridized carbons (Fsp3) is 0.667. The van der Waals surface area contributed by atoms with Crippen LogP contribution in [0.1, 0.15) is 36.9 Å². The van der Waals surface area contributed by atoms with E-state index in [9.17, 15) is 0 Å². The van der Waals surface area contributed by atoms with Crippen molar-refractivity contribution in [3.8, 4) is 0 Å². The highest BCUT2D eigenvalue weighted by Crippen LogP contribution is 2.15. The fourth-order valence-electron chi connectivity index (χ4n) is 1.67. The van der Waals surface area contributed by atoms with Crippen LogP contribution in [0.4, 0.5) is 0 Å². The molecule has 5 heteroatoms. The molecule has 0 fully saturated rings. The standard InChI is InChI=1S/C15H27N3OS/c1-5-16-15(17-9-6-10-19-12(2)3)18-11-14-8-7-13(4)20-14/h7-8,12H,5-6,9-11H2,1-4H3,(H2,16,17,18). The Labute approximate surface area is 126 Å². The first-order valence-corrected chi connectivity index (χ1v) is 8.12. The minimum absolute atomic E-state index is 0.305. The first-order chi connectivity index (χ1) is 9.61. The molecular weight excluding hydrogens is 270 g/mol. The summed E-state index contributed by atoms with van der Waals surface area (Å²) in [7, 11) is 0. The molecule has 1 aromatic heterocycles. The first kappa shape index (κ1) is 17.0. The Morgan fingerprint density at radius 2 is 2.15 bits per heavy atom. The second-order valence-corrected chi connectivity index (χ2v) is 6.28. The number of nitrogens with zero attached hydrogens (tertiary/aromatic N) is 1. The van der Waals surface area contributed by atoms with Crippen LogP contribution in [0, 0.1) is 6.92 Å². The van der Waals surface area contributed by atoms with Gasteiger partial charge in [0, 0.05) is 29.5 Å². The predicted molar refractivity (Wildman–Crippen MR) is 87.6 cm³/mol. The highest BCUT2D eigenvalue weighted by atomic mass is 32.1. The zero-order valence-corrected chi connectivity index (χ0v) is 13.8. The van der Waals surface area contributed by atoms with Crippen molar-refractivity contribution in [1.82, 2.24) is 10.6 Å². The molecule has 1 heterocycles. The van der Waals surface area contributed by atoms with E-state index in [0.29, 0.717) is 6.10 Å². The van der Waals surface area contributed by atoms with Crippen LogP contribution in [0.3, 0.4) is 0 Å². The van der Waals surface area contributed by atoms with Crippen molar-refractivity contribution < 1.29 is 4.74 Å². The smallest absolute Gasteiger partial charge is 0.191 e. The lowest BCUT2D eigenvalue weighted by molar-refractivity contribution is 0.0776. The largest absolute Gasteiger partial charge is 0.379 e. The lowest BCUT2D eigenvalue weighted by Crippen LogP contribution is -2.38. The van der Waals surface area contributed by atoms with E-state index in [-0.39, 0.29) is 0 Å². The molecule has 114 valence electrons. The van der Waals surface area contributed by atoms with Crippen molar-refractivity contribution in [1.29, 1.82) is 0 Å². The maximum absolute atomic E-state index is 5.52. The molecule has 0 saturated carbocycles. The number of aryl methyl sites for hydroxylation is 1. The van der Waals surface area contributed by atoms with E-state index < -0.39 is 0 Å². The Kier molecular flexibility index (Phi) is 8.30. The minimum Gasteiger partial charge on any atom is -0.379 e. The Bertz CT molecular complexity index is 402. The number of aliphatic imine (C=N–C) groups is 1. The van der Waals surface area contributed by atoms with Crippen LogP contribution >= 0.6 is 11.3 Å². The minimum atomic E-state index is 0.305. The van der Waals surface area contributed by atoms with Crippen molar-refractivity contribution in [2.75, 3.05) is 19.7 Å². The third-order valence-electron chi connectivity index (χ3n) is 2.60. The first-order valence-electron chi connectivity index (χ1n) is 7.31. The van der Waals surface area contributed by atoms with E-state index in [1.54, 1.807) is 11.3 Å². The molecule has 0 unspecified atom stereocenters. The molecule has 0 aliphatic heterocycles. The van der Waals surface area contributed by atoms with E-state index in [4.69, 9.17) is 4.74 Å². The molecule has 0 spiro atoms. The average molecular weight is 297 g/mol. The quantitative estimate of drug-likeness (QED) is 0.440.